The molecule has 1 aromatic carbocycles. The van der Waals surface area contributed by atoms with Crippen molar-refractivity contribution in [1.82, 2.24) is 15.0 Å². The monoisotopic (exact) mass is 219 g/mol. The smallest absolute Gasteiger partial charge is 0.172 e. The van der Waals surface area contributed by atoms with Crippen LogP contribution in [0, 0.1) is 5.82 Å². The number of aldehydes is 1. The third kappa shape index (κ3) is 1.71. The summed E-state index contributed by atoms with van der Waals surface area (Å²) in [5, 5.41) is 7.63. The first-order chi connectivity index (χ1) is 7.76. The van der Waals surface area contributed by atoms with Crippen LogP contribution in [0.25, 0.3) is 5.69 Å². The average molecular weight is 219 g/mol. The lowest BCUT2D eigenvalue weighted by molar-refractivity contribution is 0.111. The quantitative estimate of drug-likeness (QED) is 0.739. The predicted molar refractivity (Wildman–Crippen MR) is 56.1 cm³/mol. The third-order valence-corrected chi connectivity index (χ3v) is 2.31. The number of hydrogen-bond donors (Lipinski definition) is 0. The minimum absolute atomic E-state index is 0.308. The van der Waals surface area contributed by atoms with E-state index < -0.39 is 0 Å². The first kappa shape index (κ1) is 10.5. The second-order valence-electron chi connectivity index (χ2n) is 3.28. The Kier molecular flexibility index (Phi) is 2.76. The molecule has 0 spiro atoms. The summed E-state index contributed by atoms with van der Waals surface area (Å²) >= 11 is 0. The largest absolute Gasteiger partial charge is 0.296 e. The minimum Gasteiger partial charge on any atom is -0.296 e. The maximum Gasteiger partial charge on any atom is 0.172 e. The fourth-order valence-corrected chi connectivity index (χ4v) is 1.53. The Morgan fingerprint density at radius 1 is 1.38 bits per heavy atom. The van der Waals surface area contributed by atoms with Crippen molar-refractivity contribution in [3.8, 4) is 5.69 Å². The number of aromatic nitrogens is 3. The lowest BCUT2D eigenvalue weighted by Crippen LogP contribution is -2.02. The normalized spacial score (nSPS) is 10.4. The molecule has 1 heterocycles. The molecule has 2 rings (SSSR count). The average Bonchev–Trinajstić information content (AvgIpc) is 2.72. The molecule has 0 radical (unpaired) electrons. The number of rotatable bonds is 3. The van der Waals surface area contributed by atoms with Crippen molar-refractivity contribution in [1.29, 1.82) is 0 Å². The van der Waals surface area contributed by atoms with Gasteiger partial charge in [0.15, 0.2) is 6.29 Å². The molecule has 82 valence electrons. The maximum atomic E-state index is 12.8. The van der Waals surface area contributed by atoms with Gasteiger partial charge < -0.3 is 0 Å². The molecule has 0 fully saturated rings. The predicted octanol–water partition coefficient (Wildman–Crippen LogP) is 1.78. The highest BCUT2D eigenvalue weighted by molar-refractivity contribution is 5.73. The molecular formula is C11H10FN3O. The standard InChI is InChI=1S/C11H10FN3O/c1-2-11-10(7-16)13-14-15(11)9-5-3-8(12)4-6-9/h3-7H,2H2,1H3. The molecule has 0 aliphatic heterocycles. The van der Waals surface area contributed by atoms with E-state index in [1.807, 2.05) is 6.92 Å². The molecule has 0 saturated carbocycles. The van der Waals surface area contributed by atoms with Gasteiger partial charge in [-0.3, -0.25) is 4.79 Å². The van der Waals surface area contributed by atoms with Crippen LogP contribution in [0.3, 0.4) is 0 Å². The summed E-state index contributed by atoms with van der Waals surface area (Å²) < 4.78 is 14.3. The molecule has 0 atom stereocenters. The zero-order chi connectivity index (χ0) is 11.5. The molecule has 2 aromatic rings. The summed E-state index contributed by atoms with van der Waals surface area (Å²) in [6, 6.07) is 5.88. The Hall–Kier alpha value is -2.04. The highest BCUT2D eigenvalue weighted by Gasteiger charge is 2.11. The van der Waals surface area contributed by atoms with Crippen molar-refractivity contribution in [2.45, 2.75) is 13.3 Å². The van der Waals surface area contributed by atoms with E-state index in [1.54, 1.807) is 16.8 Å². The van der Waals surface area contributed by atoms with Crippen molar-refractivity contribution in [3.05, 3.63) is 41.5 Å². The molecule has 4 nitrogen and oxygen atoms in total. The number of hydrogen-bond acceptors (Lipinski definition) is 3. The molecule has 0 unspecified atom stereocenters. The zero-order valence-electron chi connectivity index (χ0n) is 8.72. The maximum absolute atomic E-state index is 12.8. The van der Waals surface area contributed by atoms with E-state index >= 15 is 0 Å². The zero-order valence-corrected chi connectivity index (χ0v) is 8.72. The first-order valence-corrected chi connectivity index (χ1v) is 4.92. The third-order valence-electron chi connectivity index (χ3n) is 2.31. The molecule has 0 saturated heterocycles. The summed E-state index contributed by atoms with van der Waals surface area (Å²) in [7, 11) is 0. The van der Waals surface area contributed by atoms with E-state index in [1.165, 1.54) is 12.1 Å². The van der Waals surface area contributed by atoms with Gasteiger partial charge in [-0.1, -0.05) is 12.1 Å². The fraction of sp³-hybridized carbons (Fsp3) is 0.182. The summed E-state index contributed by atoms with van der Waals surface area (Å²) in [6.45, 7) is 1.91. The van der Waals surface area contributed by atoms with E-state index in [0.29, 0.717) is 24.1 Å². The molecule has 0 aliphatic carbocycles. The number of benzene rings is 1. The van der Waals surface area contributed by atoms with Crippen molar-refractivity contribution < 1.29 is 9.18 Å². The summed E-state index contributed by atoms with van der Waals surface area (Å²) in [5.41, 5.74) is 1.74. The summed E-state index contributed by atoms with van der Waals surface area (Å²) in [5.74, 6) is -0.308. The second kappa shape index (κ2) is 4.22. The van der Waals surface area contributed by atoms with Crippen LogP contribution in [0.5, 0.6) is 0 Å². The van der Waals surface area contributed by atoms with Crippen LogP contribution in [-0.2, 0) is 6.42 Å². The van der Waals surface area contributed by atoms with Crippen LogP contribution in [0.4, 0.5) is 4.39 Å². The summed E-state index contributed by atoms with van der Waals surface area (Å²) in [4.78, 5) is 10.7. The van der Waals surface area contributed by atoms with E-state index in [-0.39, 0.29) is 5.82 Å². The molecule has 0 N–H and O–H groups in total. The minimum atomic E-state index is -0.308. The van der Waals surface area contributed by atoms with E-state index in [2.05, 4.69) is 10.3 Å². The number of halogens is 1. The van der Waals surface area contributed by atoms with Crippen molar-refractivity contribution in [2.24, 2.45) is 0 Å². The van der Waals surface area contributed by atoms with Crippen LogP contribution in [0.15, 0.2) is 24.3 Å². The van der Waals surface area contributed by atoms with Crippen molar-refractivity contribution >= 4 is 6.29 Å². The summed E-state index contributed by atoms with van der Waals surface area (Å²) in [6.07, 6.45) is 1.31. The number of carbonyl (C=O) groups excluding carboxylic acids is 1. The Bertz CT molecular complexity index is 504. The highest BCUT2D eigenvalue weighted by Crippen LogP contribution is 2.13. The SMILES string of the molecule is CCc1c(C=O)nnn1-c1ccc(F)cc1. The van der Waals surface area contributed by atoms with Gasteiger partial charge in [-0.05, 0) is 30.7 Å². The Morgan fingerprint density at radius 2 is 2.06 bits per heavy atom. The van der Waals surface area contributed by atoms with Crippen LogP contribution in [0.1, 0.15) is 23.1 Å². The Morgan fingerprint density at radius 3 is 2.62 bits per heavy atom. The van der Waals surface area contributed by atoms with Crippen LogP contribution in [0.2, 0.25) is 0 Å². The molecule has 16 heavy (non-hydrogen) atoms. The molecular weight excluding hydrogens is 209 g/mol. The van der Waals surface area contributed by atoms with Gasteiger partial charge in [-0.25, -0.2) is 9.07 Å². The highest BCUT2D eigenvalue weighted by atomic mass is 19.1. The molecule has 0 bridgehead atoms. The van der Waals surface area contributed by atoms with Gasteiger partial charge in [0.2, 0.25) is 0 Å². The fourth-order valence-electron chi connectivity index (χ4n) is 1.53. The van der Waals surface area contributed by atoms with E-state index in [0.717, 1.165) is 5.69 Å². The van der Waals surface area contributed by atoms with E-state index in [9.17, 15) is 9.18 Å². The Balaban J connectivity index is 2.51. The topological polar surface area (TPSA) is 47.8 Å². The Labute approximate surface area is 91.7 Å². The van der Waals surface area contributed by atoms with Gasteiger partial charge in [0.25, 0.3) is 0 Å². The van der Waals surface area contributed by atoms with Crippen LogP contribution in [-0.4, -0.2) is 21.3 Å². The van der Waals surface area contributed by atoms with Crippen molar-refractivity contribution in [3.63, 3.8) is 0 Å². The molecule has 0 amide bonds. The van der Waals surface area contributed by atoms with Gasteiger partial charge in [0.1, 0.15) is 11.5 Å². The lowest BCUT2D eigenvalue weighted by Gasteiger charge is -2.04. The van der Waals surface area contributed by atoms with Gasteiger partial charge in [-0.2, -0.15) is 0 Å². The van der Waals surface area contributed by atoms with E-state index in [4.69, 9.17) is 0 Å². The lowest BCUT2D eigenvalue weighted by atomic mass is 10.2. The molecule has 5 heteroatoms. The first-order valence-electron chi connectivity index (χ1n) is 4.92. The number of carbonyl (C=O) groups is 1. The van der Waals surface area contributed by atoms with Gasteiger partial charge in [0.05, 0.1) is 11.4 Å². The molecule has 0 aliphatic rings. The van der Waals surface area contributed by atoms with Crippen molar-refractivity contribution in [2.75, 3.05) is 0 Å². The van der Waals surface area contributed by atoms with Crippen LogP contribution < -0.4 is 0 Å². The van der Waals surface area contributed by atoms with Gasteiger partial charge in [0, 0.05) is 0 Å². The van der Waals surface area contributed by atoms with Crippen LogP contribution >= 0.6 is 0 Å². The second-order valence-corrected chi connectivity index (χ2v) is 3.28. The van der Waals surface area contributed by atoms with Gasteiger partial charge >= 0.3 is 0 Å². The molecule has 1 aromatic heterocycles. The number of nitrogens with zero attached hydrogens (tertiary/aromatic N) is 3. The van der Waals surface area contributed by atoms with Gasteiger partial charge in [-0.15, -0.1) is 5.10 Å².